The maximum absolute atomic E-state index is 13.1. The minimum atomic E-state index is -0.594. The van der Waals surface area contributed by atoms with E-state index in [0.29, 0.717) is 25.1 Å². The zero-order chi connectivity index (χ0) is 25.8. The topological polar surface area (TPSA) is 72.0 Å². The molecule has 0 bridgehead atoms. The monoisotopic (exact) mass is 533 g/mol. The van der Waals surface area contributed by atoms with Crippen LogP contribution in [0.5, 0.6) is 0 Å². The molecule has 4 rings (SSSR count). The highest BCUT2D eigenvalue weighted by molar-refractivity contribution is 7.11. The van der Waals surface area contributed by atoms with Crippen molar-refractivity contribution in [2.75, 3.05) is 33.9 Å². The number of morpholine rings is 1. The molecule has 2 heterocycles. The number of hydrogen-bond acceptors (Lipinski definition) is 7. The summed E-state index contributed by atoms with van der Waals surface area (Å²) in [5, 5.41) is 1.99. The van der Waals surface area contributed by atoms with E-state index in [1.807, 2.05) is 23.5 Å². The maximum Gasteiger partial charge on any atom is 0.325 e. The van der Waals surface area contributed by atoms with Crippen LogP contribution >= 0.6 is 22.9 Å². The average molecular weight is 534 g/mol. The molecule has 36 heavy (non-hydrogen) atoms. The molecule has 1 aliphatic heterocycles. The molecule has 2 fully saturated rings. The van der Waals surface area contributed by atoms with Gasteiger partial charge in [0, 0.05) is 41.5 Å². The Morgan fingerprint density at radius 1 is 1.19 bits per heavy atom. The standard InChI is InChI=1S/C27H36ClN3O4S/c1-17-18(2)36-26(29-17)20-7-11-22(12-8-20)31-14-24(27(33)30(3)15-25(32)34-4)35-16-23(31)13-19-5-9-21(28)10-6-19/h5-6,9-10,20,22-24H,7-8,11-16H2,1-4H3. The molecule has 0 radical (unpaired) electrons. The number of amides is 1. The van der Waals surface area contributed by atoms with E-state index >= 15 is 0 Å². The molecule has 1 amide bonds. The van der Waals surface area contributed by atoms with Crippen molar-refractivity contribution >= 4 is 34.8 Å². The Bertz CT molecular complexity index is 1030. The van der Waals surface area contributed by atoms with E-state index in [2.05, 4.69) is 30.9 Å². The molecule has 2 atom stereocenters. The Balaban J connectivity index is 1.46. The second-order valence-electron chi connectivity index (χ2n) is 9.97. The summed E-state index contributed by atoms with van der Waals surface area (Å²) >= 11 is 7.93. The number of halogens is 1. The molecule has 7 nitrogen and oxygen atoms in total. The van der Waals surface area contributed by atoms with Crippen molar-refractivity contribution in [3.63, 3.8) is 0 Å². The van der Waals surface area contributed by atoms with Gasteiger partial charge in [-0.1, -0.05) is 23.7 Å². The first-order valence-corrected chi connectivity index (χ1v) is 13.8. The summed E-state index contributed by atoms with van der Waals surface area (Å²) in [4.78, 5) is 34.8. The van der Waals surface area contributed by atoms with Gasteiger partial charge in [-0.3, -0.25) is 14.5 Å². The number of benzene rings is 1. The van der Waals surface area contributed by atoms with E-state index in [-0.39, 0.29) is 18.5 Å². The third kappa shape index (κ3) is 6.46. The molecule has 9 heteroatoms. The molecule has 0 spiro atoms. The summed E-state index contributed by atoms with van der Waals surface area (Å²) in [5.41, 5.74) is 2.35. The summed E-state index contributed by atoms with van der Waals surface area (Å²) in [6.45, 7) is 5.14. The number of thiazole rings is 1. The lowest BCUT2D eigenvalue weighted by molar-refractivity contribution is -0.158. The summed E-state index contributed by atoms with van der Waals surface area (Å²) in [5.74, 6) is -0.110. The number of rotatable bonds is 7. The van der Waals surface area contributed by atoms with Gasteiger partial charge in [0.2, 0.25) is 0 Å². The van der Waals surface area contributed by atoms with Crippen LogP contribution in [0.1, 0.15) is 52.7 Å². The summed E-state index contributed by atoms with van der Waals surface area (Å²) in [6, 6.07) is 8.51. The third-order valence-electron chi connectivity index (χ3n) is 7.53. The van der Waals surface area contributed by atoms with Crippen molar-refractivity contribution in [1.82, 2.24) is 14.8 Å². The van der Waals surface area contributed by atoms with Gasteiger partial charge in [0.05, 0.1) is 24.4 Å². The third-order valence-corrected chi connectivity index (χ3v) is 9.01. The van der Waals surface area contributed by atoms with Crippen LogP contribution in [-0.2, 0) is 25.5 Å². The number of aryl methyl sites for hydroxylation is 2. The number of esters is 1. The Labute approximate surface area is 222 Å². The maximum atomic E-state index is 13.1. The highest BCUT2D eigenvalue weighted by Gasteiger charge is 2.39. The normalized spacial score (nSPS) is 24.9. The zero-order valence-electron chi connectivity index (χ0n) is 21.5. The number of methoxy groups -OCH3 is 1. The van der Waals surface area contributed by atoms with Crippen LogP contribution in [0.4, 0.5) is 0 Å². The van der Waals surface area contributed by atoms with Crippen molar-refractivity contribution in [1.29, 1.82) is 0 Å². The Hall–Kier alpha value is -2.00. The van der Waals surface area contributed by atoms with E-state index < -0.39 is 12.1 Å². The van der Waals surface area contributed by atoms with Gasteiger partial charge in [0.1, 0.15) is 12.6 Å². The van der Waals surface area contributed by atoms with Crippen molar-refractivity contribution in [3.05, 3.63) is 50.4 Å². The molecule has 2 aliphatic rings. The zero-order valence-corrected chi connectivity index (χ0v) is 23.1. The van der Waals surface area contributed by atoms with E-state index in [1.165, 1.54) is 27.5 Å². The Morgan fingerprint density at radius 3 is 2.50 bits per heavy atom. The lowest BCUT2D eigenvalue weighted by atomic mass is 9.84. The van der Waals surface area contributed by atoms with Gasteiger partial charge in [-0.05, 0) is 63.6 Å². The molecule has 1 aromatic carbocycles. The molecule has 196 valence electrons. The fourth-order valence-corrected chi connectivity index (χ4v) is 6.51. The van der Waals surface area contributed by atoms with Crippen molar-refractivity contribution in [2.45, 2.75) is 70.1 Å². The molecule has 2 aromatic rings. The Morgan fingerprint density at radius 2 is 1.89 bits per heavy atom. The van der Waals surface area contributed by atoms with Crippen molar-refractivity contribution in [3.8, 4) is 0 Å². The smallest absolute Gasteiger partial charge is 0.325 e. The first kappa shape index (κ1) is 27.0. The number of carbonyl (C=O) groups is 2. The Kier molecular flexibility index (Phi) is 9.04. The number of aromatic nitrogens is 1. The second-order valence-corrected chi connectivity index (χ2v) is 11.6. The molecule has 2 unspecified atom stereocenters. The minimum Gasteiger partial charge on any atom is -0.468 e. The van der Waals surface area contributed by atoms with Gasteiger partial charge in [-0.15, -0.1) is 11.3 Å². The van der Waals surface area contributed by atoms with Gasteiger partial charge in [0.25, 0.3) is 5.91 Å². The lowest BCUT2D eigenvalue weighted by Gasteiger charge is -2.46. The molecular formula is C27H36ClN3O4S. The summed E-state index contributed by atoms with van der Waals surface area (Å²) in [6.07, 6.45) is 4.58. The first-order valence-electron chi connectivity index (χ1n) is 12.6. The molecule has 0 N–H and O–H groups in total. The van der Waals surface area contributed by atoms with E-state index in [4.69, 9.17) is 26.1 Å². The first-order chi connectivity index (χ1) is 17.2. The van der Waals surface area contributed by atoms with Gasteiger partial charge >= 0.3 is 5.97 Å². The number of ether oxygens (including phenoxy) is 2. The molecule has 1 aromatic heterocycles. The minimum absolute atomic E-state index is 0.0822. The molecule has 1 saturated carbocycles. The lowest BCUT2D eigenvalue weighted by Crippen LogP contribution is -2.59. The van der Waals surface area contributed by atoms with Crippen LogP contribution < -0.4 is 0 Å². The van der Waals surface area contributed by atoms with Crippen LogP contribution in [0.3, 0.4) is 0 Å². The fourth-order valence-electron chi connectivity index (χ4n) is 5.29. The van der Waals surface area contributed by atoms with Crippen LogP contribution in [0, 0.1) is 13.8 Å². The number of hydrogen-bond donors (Lipinski definition) is 0. The van der Waals surface area contributed by atoms with Crippen LogP contribution in [0.2, 0.25) is 5.02 Å². The van der Waals surface area contributed by atoms with Gasteiger partial charge in [0.15, 0.2) is 0 Å². The van der Waals surface area contributed by atoms with Gasteiger partial charge in [-0.2, -0.15) is 0 Å². The van der Waals surface area contributed by atoms with Crippen LogP contribution in [0.25, 0.3) is 0 Å². The van der Waals surface area contributed by atoms with Crippen molar-refractivity contribution in [2.24, 2.45) is 0 Å². The number of nitrogens with zero attached hydrogens (tertiary/aromatic N) is 3. The van der Waals surface area contributed by atoms with Crippen molar-refractivity contribution < 1.29 is 19.1 Å². The second kappa shape index (κ2) is 12.0. The SMILES string of the molecule is COC(=O)CN(C)C(=O)C1CN(C2CCC(c3nc(C)c(C)s3)CC2)C(Cc2ccc(Cl)cc2)CO1. The van der Waals surface area contributed by atoms with Gasteiger partial charge < -0.3 is 14.4 Å². The molecule has 1 aliphatic carbocycles. The molecule has 1 saturated heterocycles. The summed E-state index contributed by atoms with van der Waals surface area (Å²) in [7, 11) is 2.95. The van der Waals surface area contributed by atoms with E-state index in [9.17, 15) is 9.59 Å². The predicted molar refractivity (Wildman–Crippen MR) is 142 cm³/mol. The van der Waals surface area contributed by atoms with Crippen LogP contribution in [-0.4, -0.2) is 78.7 Å². The quantitative estimate of drug-likeness (QED) is 0.492. The van der Waals surface area contributed by atoms with E-state index in [0.717, 1.165) is 42.8 Å². The average Bonchev–Trinajstić information content (AvgIpc) is 3.23. The number of carbonyl (C=O) groups excluding carboxylic acids is 2. The fraction of sp³-hybridized carbons (Fsp3) is 0.593. The van der Waals surface area contributed by atoms with Crippen LogP contribution in [0.15, 0.2) is 24.3 Å². The highest BCUT2D eigenvalue weighted by Crippen LogP contribution is 2.38. The predicted octanol–water partition coefficient (Wildman–Crippen LogP) is 4.38. The summed E-state index contributed by atoms with van der Waals surface area (Å²) < 4.78 is 10.8. The largest absolute Gasteiger partial charge is 0.468 e. The molecular weight excluding hydrogens is 498 g/mol. The number of likely N-dealkylation sites (N-methyl/N-ethyl adjacent to an activating group) is 1. The van der Waals surface area contributed by atoms with Gasteiger partial charge in [-0.25, -0.2) is 4.98 Å². The highest BCUT2D eigenvalue weighted by atomic mass is 35.5. The van der Waals surface area contributed by atoms with E-state index in [1.54, 1.807) is 7.05 Å².